The zero-order valence-electron chi connectivity index (χ0n) is 10.3. The molecule has 0 saturated heterocycles. The lowest BCUT2D eigenvalue weighted by molar-refractivity contribution is 0.163. The third-order valence-corrected chi connectivity index (χ3v) is 2.59. The number of aliphatic hydroxyl groups excluding tert-OH is 1. The second kappa shape index (κ2) is 6.51. The predicted octanol–water partition coefficient (Wildman–Crippen LogP) is 2.04. The van der Waals surface area contributed by atoms with Gasteiger partial charge in [0.05, 0.1) is 13.2 Å². The summed E-state index contributed by atoms with van der Waals surface area (Å²) in [6.07, 6.45) is 0.238. The molecule has 0 aromatic heterocycles. The van der Waals surface area contributed by atoms with E-state index < -0.39 is 6.10 Å². The fraction of sp³-hybridized carbons (Fsp3) is 0.538. The molecule has 1 rings (SSSR count). The SMILES string of the molecule is CCNCCC(O)c1cc(C)ccc1OC. The van der Waals surface area contributed by atoms with Crippen molar-refractivity contribution in [1.82, 2.24) is 5.32 Å². The molecule has 0 radical (unpaired) electrons. The average molecular weight is 223 g/mol. The van der Waals surface area contributed by atoms with E-state index in [1.54, 1.807) is 7.11 Å². The van der Waals surface area contributed by atoms with E-state index in [9.17, 15) is 5.11 Å². The van der Waals surface area contributed by atoms with Gasteiger partial charge in [-0.1, -0.05) is 18.6 Å². The average Bonchev–Trinajstić information content (AvgIpc) is 2.29. The van der Waals surface area contributed by atoms with E-state index in [2.05, 4.69) is 12.2 Å². The standard InChI is InChI=1S/C13H21NO2/c1-4-14-8-7-12(15)11-9-10(2)5-6-13(11)16-3/h5-6,9,12,14-15H,4,7-8H2,1-3H3. The molecule has 0 bridgehead atoms. The van der Waals surface area contributed by atoms with Gasteiger partial charge in [0, 0.05) is 5.56 Å². The Labute approximate surface area is 97.4 Å². The molecule has 0 spiro atoms. The topological polar surface area (TPSA) is 41.5 Å². The Kier molecular flexibility index (Phi) is 5.29. The van der Waals surface area contributed by atoms with E-state index in [0.29, 0.717) is 6.42 Å². The van der Waals surface area contributed by atoms with Crippen LogP contribution in [0.3, 0.4) is 0 Å². The number of aryl methyl sites for hydroxylation is 1. The Balaban J connectivity index is 2.72. The Morgan fingerprint density at radius 2 is 2.19 bits per heavy atom. The fourth-order valence-corrected chi connectivity index (χ4v) is 1.69. The maximum atomic E-state index is 10.1. The summed E-state index contributed by atoms with van der Waals surface area (Å²) in [6, 6.07) is 5.87. The lowest BCUT2D eigenvalue weighted by Crippen LogP contribution is -2.17. The minimum Gasteiger partial charge on any atom is -0.496 e. The third-order valence-electron chi connectivity index (χ3n) is 2.59. The molecule has 0 fully saturated rings. The molecule has 1 unspecified atom stereocenters. The van der Waals surface area contributed by atoms with E-state index in [1.807, 2.05) is 25.1 Å². The van der Waals surface area contributed by atoms with Crippen molar-refractivity contribution in [1.29, 1.82) is 0 Å². The Morgan fingerprint density at radius 1 is 1.44 bits per heavy atom. The number of ether oxygens (including phenoxy) is 1. The van der Waals surface area contributed by atoms with E-state index in [1.165, 1.54) is 0 Å². The zero-order valence-corrected chi connectivity index (χ0v) is 10.3. The summed E-state index contributed by atoms with van der Waals surface area (Å²) in [5.41, 5.74) is 2.01. The molecular weight excluding hydrogens is 202 g/mol. The van der Waals surface area contributed by atoms with Gasteiger partial charge in [-0.2, -0.15) is 0 Å². The summed E-state index contributed by atoms with van der Waals surface area (Å²) in [6.45, 7) is 5.81. The van der Waals surface area contributed by atoms with Gasteiger partial charge in [0.25, 0.3) is 0 Å². The molecule has 1 atom stereocenters. The van der Waals surface area contributed by atoms with Crippen LogP contribution in [0.25, 0.3) is 0 Å². The normalized spacial score (nSPS) is 12.5. The van der Waals surface area contributed by atoms with Crippen LogP contribution < -0.4 is 10.1 Å². The largest absolute Gasteiger partial charge is 0.496 e. The highest BCUT2D eigenvalue weighted by atomic mass is 16.5. The highest BCUT2D eigenvalue weighted by Gasteiger charge is 2.12. The first kappa shape index (κ1) is 13.0. The molecule has 1 aromatic rings. The van der Waals surface area contributed by atoms with Gasteiger partial charge in [-0.15, -0.1) is 0 Å². The van der Waals surface area contributed by atoms with Gasteiger partial charge in [0.15, 0.2) is 0 Å². The van der Waals surface area contributed by atoms with Crippen molar-refractivity contribution < 1.29 is 9.84 Å². The van der Waals surface area contributed by atoms with E-state index >= 15 is 0 Å². The molecule has 3 heteroatoms. The van der Waals surface area contributed by atoms with Gasteiger partial charge in [-0.25, -0.2) is 0 Å². The smallest absolute Gasteiger partial charge is 0.124 e. The van der Waals surface area contributed by atoms with Gasteiger partial charge >= 0.3 is 0 Å². The number of hydrogen-bond acceptors (Lipinski definition) is 3. The van der Waals surface area contributed by atoms with Crippen LogP contribution in [0.5, 0.6) is 5.75 Å². The highest BCUT2D eigenvalue weighted by Crippen LogP contribution is 2.27. The molecule has 1 aromatic carbocycles. The lowest BCUT2D eigenvalue weighted by atomic mass is 10.0. The van der Waals surface area contributed by atoms with Crippen LogP contribution in [0.15, 0.2) is 18.2 Å². The molecular formula is C13H21NO2. The maximum absolute atomic E-state index is 10.1. The highest BCUT2D eigenvalue weighted by molar-refractivity contribution is 5.38. The van der Waals surface area contributed by atoms with Gasteiger partial charge in [0.2, 0.25) is 0 Å². The van der Waals surface area contributed by atoms with Crippen LogP contribution >= 0.6 is 0 Å². The minimum absolute atomic E-state index is 0.464. The van der Waals surface area contributed by atoms with Crippen LogP contribution in [0.1, 0.15) is 30.6 Å². The molecule has 2 N–H and O–H groups in total. The number of methoxy groups -OCH3 is 1. The molecule has 0 aliphatic rings. The van der Waals surface area contributed by atoms with Crippen LogP contribution in [-0.4, -0.2) is 25.3 Å². The molecule has 0 heterocycles. The van der Waals surface area contributed by atoms with Crippen LogP contribution in [0.2, 0.25) is 0 Å². The predicted molar refractivity (Wildman–Crippen MR) is 65.9 cm³/mol. The number of aliphatic hydroxyl groups is 1. The molecule has 0 amide bonds. The zero-order chi connectivity index (χ0) is 12.0. The second-order valence-corrected chi connectivity index (χ2v) is 3.90. The van der Waals surface area contributed by atoms with Crippen molar-refractivity contribution in [2.75, 3.05) is 20.2 Å². The van der Waals surface area contributed by atoms with Crippen molar-refractivity contribution >= 4 is 0 Å². The number of nitrogens with one attached hydrogen (secondary N) is 1. The van der Waals surface area contributed by atoms with Crippen molar-refractivity contribution in [2.24, 2.45) is 0 Å². The Morgan fingerprint density at radius 3 is 2.81 bits per heavy atom. The van der Waals surface area contributed by atoms with Crippen molar-refractivity contribution in [3.63, 3.8) is 0 Å². The third kappa shape index (κ3) is 3.51. The second-order valence-electron chi connectivity index (χ2n) is 3.90. The summed E-state index contributed by atoms with van der Waals surface area (Å²) >= 11 is 0. The van der Waals surface area contributed by atoms with Crippen LogP contribution in [-0.2, 0) is 0 Å². The summed E-state index contributed by atoms with van der Waals surface area (Å²) in [5.74, 6) is 0.759. The van der Waals surface area contributed by atoms with Crippen LogP contribution in [0, 0.1) is 6.92 Å². The number of benzene rings is 1. The number of hydrogen-bond donors (Lipinski definition) is 2. The lowest BCUT2D eigenvalue weighted by Gasteiger charge is -2.15. The fourth-order valence-electron chi connectivity index (χ4n) is 1.69. The Hall–Kier alpha value is -1.06. The first-order chi connectivity index (χ1) is 7.69. The first-order valence-corrected chi connectivity index (χ1v) is 5.72. The minimum atomic E-state index is -0.464. The summed E-state index contributed by atoms with van der Waals surface area (Å²) in [7, 11) is 1.63. The quantitative estimate of drug-likeness (QED) is 0.725. The van der Waals surface area contributed by atoms with Gasteiger partial charge < -0.3 is 15.2 Å². The van der Waals surface area contributed by atoms with Crippen molar-refractivity contribution in [3.05, 3.63) is 29.3 Å². The molecule has 0 saturated carbocycles. The van der Waals surface area contributed by atoms with Gasteiger partial charge in [-0.05, 0) is 38.6 Å². The maximum Gasteiger partial charge on any atom is 0.124 e. The molecule has 3 nitrogen and oxygen atoms in total. The van der Waals surface area contributed by atoms with E-state index in [4.69, 9.17) is 4.74 Å². The van der Waals surface area contributed by atoms with Crippen molar-refractivity contribution in [2.45, 2.75) is 26.4 Å². The molecule has 90 valence electrons. The van der Waals surface area contributed by atoms with Crippen LogP contribution in [0.4, 0.5) is 0 Å². The molecule has 16 heavy (non-hydrogen) atoms. The van der Waals surface area contributed by atoms with Crippen molar-refractivity contribution in [3.8, 4) is 5.75 Å². The molecule has 0 aliphatic heterocycles. The molecule has 0 aliphatic carbocycles. The monoisotopic (exact) mass is 223 g/mol. The summed E-state index contributed by atoms with van der Waals surface area (Å²) in [5, 5.41) is 13.3. The van der Waals surface area contributed by atoms with E-state index in [-0.39, 0.29) is 0 Å². The van der Waals surface area contributed by atoms with E-state index in [0.717, 1.165) is 30.0 Å². The van der Waals surface area contributed by atoms with Gasteiger partial charge in [-0.3, -0.25) is 0 Å². The summed E-state index contributed by atoms with van der Waals surface area (Å²) < 4.78 is 5.25. The first-order valence-electron chi connectivity index (χ1n) is 5.72. The number of rotatable bonds is 6. The summed E-state index contributed by atoms with van der Waals surface area (Å²) in [4.78, 5) is 0. The Bertz CT molecular complexity index is 326. The van der Waals surface area contributed by atoms with Gasteiger partial charge in [0.1, 0.15) is 5.75 Å².